The van der Waals surface area contributed by atoms with E-state index in [0.29, 0.717) is 30.7 Å². The van der Waals surface area contributed by atoms with Crippen molar-refractivity contribution in [1.82, 2.24) is 0 Å². The molecule has 1 N–H and O–H groups in total. The largest absolute Gasteiger partial charge is 0.511 e. The molecule has 0 saturated carbocycles. The third kappa shape index (κ3) is 4.52. The van der Waals surface area contributed by atoms with E-state index >= 15 is 0 Å². The zero-order valence-corrected chi connectivity index (χ0v) is 15.9. The van der Waals surface area contributed by atoms with Gasteiger partial charge in [-0.2, -0.15) is 0 Å². The van der Waals surface area contributed by atoms with Crippen LogP contribution in [0.3, 0.4) is 0 Å². The number of nitro groups is 1. The Hall–Kier alpha value is -3.28. The fourth-order valence-corrected chi connectivity index (χ4v) is 3.39. The molecule has 0 atom stereocenters. The number of carbonyl (C=O) groups excluding carboxylic acids is 1. The molecule has 0 heterocycles. The highest BCUT2D eigenvalue weighted by Gasteiger charge is 2.35. The molecule has 0 amide bonds. The molecule has 144 valence electrons. The molecule has 6 nitrogen and oxygen atoms in total. The van der Waals surface area contributed by atoms with E-state index in [1.54, 1.807) is 0 Å². The number of Topliss-reactive ketones (excluding diaryl/α,β-unsaturated/α-hetero) is 1. The van der Waals surface area contributed by atoms with Gasteiger partial charge in [-0.25, -0.2) is 0 Å². The fourth-order valence-electron chi connectivity index (χ4n) is 3.39. The summed E-state index contributed by atoms with van der Waals surface area (Å²) in [6.45, 7) is 3.89. The smallest absolute Gasteiger partial charge is 0.269 e. The molecule has 6 heteroatoms. The van der Waals surface area contributed by atoms with Gasteiger partial charge >= 0.3 is 0 Å². The molecule has 3 rings (SSSR count). The van der Waals surface area contributed by atoms with Gasteiger partial charge in [0.2, 0.25) is 0 Å². The highest BCUT2D eigenvalue weighted by Crippen LogP contribution is 2.37. The summed E-state index contributed by atoms with van der Waals surface area (Å²) in [5, 5.41) is 21.5. The molecule has 28 heavy (non-hydrogen) atoms. The quantitative estimate of drug-likeness (QED) is 0.444. The maximum Gasteiger partial charge on any atom is 0.269 e. The average Bonchev–Trinajstić information content (AvgIpc) is 2.61. The monoisotopic (exact) mass is 378 g/mol. The summed E-state index contributed by atoms with van der Waals surface area (Å²) >= 11 is 0. The van der Waals surface area contributed by atoms with Crippen molar-refractivity contribution in [3.8, 4) is 0 Å². The molecule has 2 aromatic rings. The number of non-ortho nitro benzene ring substituents is 1. The predicted octanol–water partition coefficient (Wildman–Crippen LogP) is 5.11. The summed E-state index contributed by atoms with van der Waals surface area (Å²) in [7, 11) is 0. The number of nitro benzene ring substituents is 1. The first-order chi connectivity index (χ1) is 13.2. The molecule has 0 fully saturated rings. The van der Waals surface area contributed by atoms with E-state index in [2.05, 4.69) is 4.99 Å². The van der Waals surface area contributed by atoms with Gasteiger partial charge in [0.25, 0.3) is 5.69 Å². The van der Waals surface area contributed by atoms with Crippen LogP contribution in [-0.4, -0.2) is 21.5 Å². The number of rotatable bonds is 5. The first kappa shape index (κ1) is 19.5. The van der Waals surface area contributed by atoms with Gasteiger partial charge in [-0.05, 0) is 23.1 Å². The Labute approximate surface area is 163 Å². The van der Waals surface area contributed by atoms with E-state index in [9.17, 15) is 20.0 Å². The van der Waals surface area contributed by atoms with Gasteiger partial charge in [0.15, 0.2) is 5.78 Å². The second kappa shape index (κ2) is 7.76. The molecule has 0 radical (unpaired) electrons. The number of nitrogens with zero attached hydrogens (tertiary/aromatic N) is 2. The van der Waals surface area contributed by atoms with Crippen LogP contribution in [-0.2, 0) is 11.2 Å². The minimum Gasteiger partial charge on any atom is -0.511 e. The second-order valence-electron chi connectivity index (χ2n) is 7.76. The average molecular weight is 378 g/mol. The summed E-state index contributed by atoms with van der Waals surface area (Å²) in [6.07, 6.45) is 1.12. The van der Waals surface area contributed by atoms with E-state index in [1.165, 1.54) is 24.3 Å². The van der Waals surface area contributed by atoms with Crippen molar-refractivity contribution >= 4 is 22.9 Å². The number of hydrogen-bond acceptors (Lipinski definition) is 5. The number of aliphatic imine (C=N–C) groups is 1. The van der Waals surface area contributed by atoms with Crippen molar-refractivity contribution < 1.29 is 14.8 Å². The van der Waals surface area contributed by atoms with Gasteiger partial charge < -0.3 is 5.11 Å². The molecule has 2 aromatic carbocycles. The third-order valence-corrected chi connectivity index (χ3v) is 4.68. The molecular weight excluding hydrogens is 356 g/mol. The molecule has 0 spiro atoms. The van der Waals surface area contributed by atoms with Crippen LogP contribution in [0, 0.1) is 15.5 Å². The highest BCUT2D eigenvalue weighted by atomic mass is 16.6. The van der Waals surface area contributed by atoms with Crippen molar-refractivity contribution in [2.75, 3.05) is 0 Å². The van der Waals surface area contributed by atoms with Gasteiger partial charge in [0, 0.05) is 31.4 Å². The molecule has 1 aliphatic rings. The molecule has 0 bridgehead atoms. The highest BCUT2D eigenvalue weighted by molar-refractivity contribution is 6.24. The molecule has 0 aliphatic heterocycles. The lowest BCUT2D eigenvalue weighted by atomic mass is 9.75. The van der Waals surface area contributed by atoms with Gasteiger partial charge in [-0.1, -0.05) is 44.2 Å². The number of hydrogen-bond donors (Lipinski definition) is 1. The van der Waals surface area contributed by atoms with Crippen LogP contribution in [0.25, 0.3) is 0 Å². The summed E-state index contributed by atoms with van der Waals surface area (Å²) in [4.78, 5) is 27.8. The van der Waals surface area contributed by atoms with Gasteiger partial charge in [-0.3, -0.25) is 19.9 Å². The number of aliphatic hydroxyl groups excluding tert-OH is 1. The Balaban J connectivity index is 2.05. The maximum absolute atomic E-state index is 12.8. The SMILES string of the molecule is CC1(C)CC(=O)C(C(Cc2ccccc2)=Nc2ccc([N+](=O)[O-])cc2)=C(O)C1. The lowest BCUT2D eigenvalue weighted by Crippen LogP contribution is -2.30. The number of allylic oxidation sites excluding steroid dienone is 2. The van der Waals surface area contributed by atoms with Crippen molar-refractivity contribution in [2.45, 2.75) is 33.1 Å². The summed E-state index contributed by atoms with van der Waals surface area (Å²) < 4.78 is 0. The number of aliphatic hydroxyl groups is 1. The normalized spacial score (nSPS) is 16.9. The lowest BCUT2D eigenvalue weighted by molar-refractivity contribution is -0.384. The Kier molecular flexibility index (Phi) is 5.40. The lowest BCUT2D eigenvalue weighted by Gasteiger charge is -2.30. The molecular formula is C22H22N2O4. The van der Waals surface area contributed by atoms with Gasteiger partial charge in [0.05, 0.1) is 21.9 Å². The topological polar surface area (TPSA) is 92.8 Å². The second-order valence-corrected chi connectivity index (χ2v) is 7.76. The predicted molar refractivity (Wildman–Crippen MR) is 108 cm³/mol. The standard InChI is InChI=1S/C22H22N2O4/c1-22(2)13-19(25)21(20(26)14-22)18(12-15-6-4-3-5-7-15)23-16-8-10-17(11-9-16)24(27)28/h3-11,25H,12-14H2,1-2H3. The summed E-state index contributed by atoms with van der Waals surface area (Å²) in [6, 6.07) is 15.4. The molecule has 0 unspecified atom stereocenters. The van der Waals surface area contributed by atoms with Crippen LogP contribution in [0.15, 0.2) is 70.9 Å². The van der Waals surface area contributed by atoms with Gasteiger partial charge in [0.1, 0.15) is 5.76 Å². The van der Waals surface area contributed by atoms with Gasteiger partial charge in [-0.15, -0.1) is 0 Å². The van der Waals surface area contributed by atoms with Crippen LogP contribution in [0.4, 0.5) is 11.4 Å². The summed E-state index contributed by atoms with van der Waals surface area (Å²) in [5.74, 6) is -0.0804. The fraction of sp³-hybridized carbons (Fsp3) is 0.273. The Bertz CT molecular complexity index is 958. The van der Waals surface area contributed by atoms with Crippen molar-refractivity contribution in [1.29, 1.82) is 0 Å². The first-order valence-corrected chi connectivity index (χ1v) is 9.07. The van der Waals surface area contributed by atoms with E-state index in [4.69, 9.17) is 0 Å². The number of ketones is 1. The van der Waals surface area contributed by atoms with Crippen LogP contribution in [0.5, 0.6) is 0 Å². The van der Waals surface area contributed by atoms with Crippen molar-refractivity contribution in [3.05, 3.63) is 81.6 Å². The Morgan fingerprint density at radius 1 is 1.11 bits per heavy atom. The number of benzene rings is 2. The first-order valence-electron chi connectivity index (χ1n) is 9.07. The third-order valence-electron chi connectivity index (χ3n) is 4.68. The number of carbonyl (C=O) groups is 1. The minimum atomic E-state index is -0.473. The zero-order chi connectivity index (χ0) is 20.3. The maximum atomic E-state index is 12.8. The van der Waals surface area contributed by atoms with E-state index in [0.717, 1.165) is 5.56 Å². The molecule has 0 saturated heterocycles. The van der Waals surface area contributed by atoms with E-state index in [1.807, 2.05) is 44.2 Å². The molecule has 0 aromatic heterocycles. The summed E-state index contributed by atoms with van der Waals surface area (Å²) in [5.41, 5.74) is 1.87. The van der Waals surface area contributed by atoms with Crippen LogP contribution in [0.2, 0.25) is 0 Å². The Morgan fingerprint density at radius 3 is 2.32 bits per heavy atom. The van der Waals surface area contributed by atoms with Crippen LogP contribution >= 0.6 is 0 Å². The molecule has 1 aliphatic carbocycles. The van der Waals surface area contributed by atoms with Crippen LogP contribution in [0.1, 0.15) is 32.3 Å². The van der Waals surface area contributed by atoms with Crippen molar-refractivity contribution in [3.63, 3.8) is 0 Å². The zero-order valence-electron chi connectivity index (χ0n) is 15.9. The Morgan fingerprint density at radius 2 is 1.75 bits per heavy atom. The van der Waals surface area contributed by atoms with E-state index < -0.39 is 4.92 Å². The van der Waals surface area contributed by atoms with Crippen molar-refractivity contribution in [2.24, 2.45) is 10.4 Å². The van der Waals surface area contributed by atoms with Crippen LogP contribution < -0.4 is 0 Å². The minimum absolute atomic E-state index is 0.0267. The van der Waals surface area contributed by atoms with E-state index in [-0.39, 0.29) is 28.2 Å².